The van der Waals surface area contributed by atoms with E-state index in [0.29, 0.717) is 43.9 Å². The maximum Gasteiger partial charge on any atom is 0.245 e. The number of hydrogen-bond donors (Lipinski definition) is 1. The fourth-order valence-electron chi connectivity index (χ4n) is 5.03. The fourth-order valence-corrected chi connectivity index (χ4v) is 6.59. The molecule has 2 aliphatic rings. The molecule has 0 spiro atoms. The van der Waals surface area contributed by atoms with E-state index in [1.165, 1.54) is 24.9 Å². The van der Waals surface area contributed by atoms with Crippen molar-refractivity contribution in [2.24, 2.45) is 0 Å². The standard InChI is InChI=1S/C25H31ClN4O5S/c1-16(24(32)29-11-8-21(9-12-29)27-17(2)31)30-13-10-23(25(30)33)28(3)36(34,35)22-7-5-18-14-20(26)6-4-19(18)15-22/h4-7,14-16,21,23H,8-13H2,1-3H3,(H,27,31). The summed E-state index contributed by atoms with van der Waals surface area (Å²) < 4.78 is 27.8. The Kier molecular flexibility index (Phi) is 7.59. The maximum absolute atomic E-state index is 13.4. The van der Waals surface area contributed by atoms with Crippen molar-refractivity contribution in [2.45, 2.75) is 56.1 Å². The van der Waals surface area contributed by atoms with Crippen molar-refractivity contribution in [3.8, 4) is 0 Å². The first-order valence-corrected chi connectivity index (χ1v) is 13.8. The Hall–Kier alpha value is -2.69. The Bertz CT molecular complexity index is 1290. The summed E-state index contributed by atoms with van der Waals surface area (Å²) in [6.07, 6.45) is 1.63. The van der Waals surface area contributed by atoms with E-state index in [9.17, 15) is 22.8 Å². The molecule has 9 nitrogen and oxygen atoms in total. The van der Waals surface area contributed by atoms with Crippen LogP contribution in [0.5, 0.6) is 0 Å². The summed E-state index contributed by atoms with van der Waals surface area (Å²) in [5.41, 5.74) is 0. The second kappa shape index (κ2) is 10.4. The molecule has 0 saturated carbocycles. The second-order valence-electron chi connectivity index (χ2n) is 9.49. The first-order chi connectivity index (χ1) is 17.0. The van der Waals surface area contributed by atoms with Crippen molar-refractivity contribution in [1.82, 2.24) is 19.4 Å². The highest BCUT2D eigenvalue weighted by Crippen LogP contribution is 2.28. The van der Waals surface area contributed by atoms with Gasteiger partial charge in [0.2, 0.25) is 27.7 Å². The van der Waals surface area contributed by atoms with Gasteiger partial charge in [-0.1, -0.05) is 23.7 Å². The molecular formula is C25H31ClN4O5S. The Morgan fingerprint density at radius 3 is 2.36 bits per heavy atom. The number of piperidine rings is 1. The number of nitrogens with one attached hydrogen (secondary N) is 1. The van der Waals surface area contributed by atoms with E-state index in [0.717, 1.165) is 15.1 Å². The lowest BCUT2D eigenvalue weighted by Crippen LogP contribution is -2.53. The van der Waals surface area contributed by atoms with Crippen LogP contribution in [0.2, 0.25) is 5.02 Å². The maximum atomic E-state index is 13.4. The van der Waals surface area contributed by atoms with E-state index in [4.69, 9.17) is 11.6 Å². The summed E-state index contributed by atoms with van der Waals surface area (Å²) in [6.45, 7) is 4.46. The lowest BCUT2D eigenvalue weighted by Gasteiger charge is -2.36. The Morgan fingerprint density at radius 2 is 1.69 bits per heavy atom. The van der Waals surface area contributed by atoms with Crippen LogP contribution in [0.25, 0.3) is 10.8 Å². The lowest BCUT2D eigenvalue weighted by molar-refractivity contribution is -0.144. The second-order valence-corrected chi connectivity index (χ2v) is 11.9. The number of likely N-dealkylation sites (tertiary alicyclic amines) is 2. The summed E-state index contributed by atoms with van der Waals surface area (Å²) >= 11 is 6.03. The highest BCUT2D eigenvalue weighted by Gasteiger charge is 2.43. The van der Waals surface area contributed by atoms with Crippen molar-refractivity contribution in [3.63, 3.8) is 0 Å². The van der Waals surface area contributed by atoms with Crippen molar-refractivity contribution < 1.29 is 22.8 Å². The number of amides is 3. The average molecular weight is 535 g/mol. The molecule has 2 atom stereocenters. The van der Waals surface area contributed by atoms with E-state index in [1.807, 2.05) is 0 Å². The summed E-state index contributed by atoms with van der Waals surface area (Å²) in [5.74, 6) is -0.624. The quantitative estimate of drug-likeness (QED) is 0.611. The summed E-state index contributed by atoms with van der Waals surface area (Å²) in [7, 11) is -2.53. The number of benzene rings is 2. The highest BCUT2D eigenvalue weighted by atomic mass is 35.5. The van der Waals surface area contributed by atoms with Crippen LogP contribution in [0.3, 0.4) is 0 Å². The number of sulfonamides is 1. The molecule has 36 heavy (non-hydrogen) atoms. The van der Waals surface area contributed by atoms with E-state index < -0.39 is 22.1 Å². The molecule has 11 heteroatoms. The van der Waals surface area contributed by atoms with Crippen LogP contribution in [0.4, 0.5) is 0 Å². The van der Waals surface area contributed by atoms with E-state index in [2.05, 4.69) is 5.32 Å². The smallest absolute Gasteiger partial charge is 0.245 e. The number of carbonyl (C=O) groups is 3. The lowest BCUT2D eigenvalue weighted by atomic mass is 10.0. The zero-order chi connectivity index (χ0) is 26.2. The molecule has 2 saturated heterocycles. The molecule has 0 bridgehead atoms. The van der Waals surface area contributed by atoms with Gasteiger partial charge >= 0.3 is 0 Å². The van der Waals surface area contributed by atoms with Gasteiger partial charge in [0, 0.05) is 44.7 Å². The van der Waals surface area contributed by atoms with Crippen LogP contribution >= 0.6 is 11.6 Å². The molecule has 0 aromatic heterocycles. The number of rotatable bonds is 6. The molecule has 2 fully saturated rings. The zero-order valence-electron chi connectivity index (χ0n) is 20.6. The third-order valence-corrected chi connectivity index (χ3v) is 9.24. The monoisotopic (exact) mass is 534 g/mol. The van der Waals surface area contributed by atoms with Crippen LogP contribution in [-0.4, -0.2) is 85.1 Å². The zero-order valence-corrected chi connectivity index (χ0v) is 22.2. The van der Waals surface area contributed by atoms with Crippen LogP contribution in [0.15, 0.2) is 41.3 Å². The average Bonchev–Trinajstić information content (AvgIpc) is 3.23. The van der Waals surface area contributed by atoms with Gasteiger partial charge in [0.05, 0.1) is 4.90 Å². The number of hydrogen-bond acceptors (Lipinski definition) is 5. The molecule has 3 amide bonds. The SMILES string of the molecule is CC(=O)NC1CCN(C(=O)C(C)N2CCC(N(C)S(=O)(=O)c3ccc4cc(Cl)ccc4c3)C2=O)CC1. The third-order valence-electron chi connectivity index (χ3n) is 7.14. The van der Waals surface area contributed by atoms with Crippen molar-refractivity contribution >= 4 is 50.1 Å². The van der Waals surface area contributed by atoms with Crippen LogP contribution in [0.1, 0.15) is 33.1 Å². The van der Waals surface area contributed by atoms with Crippen LogP contribution in [-0.2, 0) is 24.4 Å². The minimum absolute atomic E-state index is 0.0469. The number of carbonyl (C=O) groups excluding carboxylic acids is 3. The Balaban J connectivity index is 1.43. The van der Waals surface area contributed by atoms with Gasteiger partial charge in [0.25, 0.3) is 0 Å². The van der Waals surface area contributed by atoms with E-state index in [1.54, 1.807) is 42.2 Å². The Morgan fingerprint density at radius 1 is 1.06 bits per heavy atom. The molecule has 2 aromatic carbocycles. The van der Waals surface area contributed by atoms with Gasteiger partial charge < -0.3 is 15.1 Å². The van der Waals surface area contributed by atoms with Crippen molar-refractivity contribution in [3.05, 3.63) is 41.4 Å². The molecule has 194 valence electrons. The van der Waals surface area contributed by atoms with Gasteiger partial charge in [-0.05, 0) is 61.2 Å². The predicted molar refractivity (Wildman–Crippen MR) is 137 cm³/mol. The Labute approximate surface area is 216 Å². The molecular weight excluding hydrogens is 504 g/mol. The molecule has 2 aromatic rings. The molecule has 0 radical (unpaired) electrons. The van der Waals surface area contributed by atoms with Gasteiger partial charge in [-0.15, -0.1) is 0 Å². The van der Waals surface area contributed by atoms with Crippen LogP contribution in [0, 0.1) is 0 Å². The topological polar surface area (TPSA) is 107 Å². The van der Waals surface area contributed by atoms with E-state index >= 15 is 0 Å². The molecule has 2 heterocycles. The van der Waals surface area contributed by atoms with Gasteiger partial charge in [0.15, 0.2) is 0 Å². The summed E-state index contributed by atoms with van der Waals surface area (Å²) in [5, 5.41) is 4.99. The van der Waals surface area contributed by atoms with Gasteiger partial charge in [-0.25, -0.2) is 8.42 Å². The molecule has 1 N–H and O–H groups in total. The normalized spacial score (nSPS) is 20.2. The largest absolute Gasteiger partial charge is 0.353 e. The van der Waals surface area contributed by atoms with Gasteiger partial charge in [-0.2, -0.15) is 4.31 Å². The van der Waals surface area contributed by atoms with E-state index in [-0.39, 0.29) is 28.7 Å². The first-order valence-electron chi connectivity index (χ1n) is 12.0. The number of likely N-dealkylation sites (N-methyl/N-ethyl adjacent to an activating group) is 1. The minimum atomic E-state index is -3.94. The van der Waals surface area contributed by atoms with Gasteiger partial charge in [-0.3, -0.25) is 14.4 Å². The minimum Gasteiger partial charge on any atom is -0.353 e. The number of halogens is 1. The predicted octanol–water partition coefficient (Wildman–Crippen LogP) is 2.23. The number of fused-ring (bicyclic) bond motifs is 1. The van der Waals surface area contributed by atoms with Crippen molar-refractivity contribution in [2.75, 3.05) is 26.7 Å². The number of nitrogens with zero attached hydrogens (tertiary/aromatic N) is 3. The molecule has 2 unspecified atom stereocenters. The highest BCUT2D eigenvalue weighted by molar-refractivity contribution is 7.89. The molecule has 2 aliphatic heterocycles. The first kappa shape index (κ1) is 26.4. The van der Waals surface area contributed by atoms with Crippen molar-refractivity contribution in [1.29, 1.82) is 0 Å². The fraction of sp³-hybridized carbons (Fsp3) is 0.480. The summed E-state index contributed by atoms with van der Waals surface area (Å²) in [4.78, 5) is 40.9. The van der Waals surface area contributed by atoms with Gasteiger partial charge in [0.1, 0.15) is 12.1 Å². The molecule has 4 rings (SSSR count). The third kappa shape index (κ3) is 5.21. The van der Waals surface area contributed by atoms with Crippen LogP contribution < -0.4 is 5.32 Å². The summed E-state index contributed by atoms with van der Waals surface area (Å²) in [6, 6.07) is 8.47. The molecule has 0 aliphatic carbocycles.